The van der Waals surface area contributed by atoms with Crippen molar-refractivity contribution in [2.75, 3.05) is 13.2 Å². The van der Waals surface area contributed by atoms with E-state index in [2.05, 4.69) is 15.3 Å². The van der Waals surface area contributed by atoms with E-state index >= 15 is 0 Å². The second kappa shape index (κ2) is 8.26. The number of benzene rings is 1. The first-order chi connectivity index (χ1) is 11.5. The zero-order chi connectivity index (χ0) is 17.5. The summed E-state index contributed by atoms with van der Waals surface area (Å²) in [6, 6.07) is 8.77. The molecular formula is C17H21N3O4. The van der Waals surface area contributed by atoms with Crippen LogP contribution in [0.25, 0.3) is 0 Å². The highest BCUT2D eigenvalue weighted by Crippen LogP contribution is 2.16. The van der Waals surface area contributed by atoms with Gasteiger partial charge in [0, 0.05) is 24.7 Å². The number of aryl methyl sites for hydroxylation is 2. The van der Waals surface area contributed by atoms with Crippen LogP contribution in [0.5, 0.6) is 5.75 Å². The van der Waals surface area contributed by atoms with E-state index < -0.39 is 12.0 Å². The molecular weight excluding hydrogens is 310 g/mol. The molecule has 2 rings (SSSR count). The molecule has 3 N–H and O–H groups in total. The topological polar surface area (TPSA) is 104 Å². The molecule has 0 fully saturated rings. The molecule has 24 heavy (non-hydrogen) atoms. The van der Waals surface area contributed by atoms with Crippen LogP contribution in [-0.2, 0) is 11.2 Å². The number of nitrogens with one attached hydrogen (secondary N) is 2. The minimum Gasteiger partial charge on any atom is -0.490 e. The van der Waals surface area contributed by atoms with E-state index in [4.69, 9.17) is 4.74 Å². The number of para-hydroxylation sites is 1. The van der Waals surface area contributed by atoms with E-state index in [-0.39, 0.29) is 18.7 Å². The Labute approximate surface area is 139 Å². The first kappa shape index (κ1) is 17.7. The smallest absolute Gasteiger partial charge is 0.252 e. The second-order valence-electron chi connectivity index (χ2n) is 5.47. The summed E-state index contributed by atoms with van der Waals surface area (Å²) in [7, 11) is 0. The van der Waals surface area contributed by atoms with Crippen molar-refractivity contribution in [1.82, 2.24) is 15.3 Å². The SMILES string of the molecule is Cc1cc(=O)[nH]c(CCNC(=O)C(O)COc2ccccc2C)n1. The fourth-order valence-corrected chi connectivity index (χ4v) is 2.14. The molecule has 1 amide bonds. The van der Waals surface area contributed by atoms with Gasteiger partial charge in [0.2, 0.25) is 0 Å². The molecule has 0 saturated carbocycles. The number of aliphatic hydroxyl groups is 1. The Kier molecular flexibility index (Phi) is 6.08. The van der Waals surface area contributed by atoms with Gasteiger partial charge in [-0.2, -0.15) is 0 Å². The minimum atomic E-state index is -1.27. The molecule has 0 saturated heterocycles. The van der Waals surface area contributed by atoms with Gasteiger partial charge in [-0.3, -0.25) is 9.59 Å². The number of aromatic amines is 1. The van der Waals surface area contributed by atoms with Crippen LogP contribution in [0.1, 0.15) is 17.1 Å². The summed E-state index contributed by atoms with van der Waals surface area (Å²) < 4.78 is 5.45. The van der Waals surface area contributed by atoms with Crippen molar-refractivity contribution < 1.29 is 14.6 Å². The van der Waals surface area contributed by atoms with Gasteiger partial charge in [-0.25, -0.2) is 4.98 Å². The molecule has 1 heterocycles. The Morgan fingerprint density at radius 2 is 2.12 bits per heavy atom. The first-order valence-corrected chi connectivity index (χ1v) is 7.67. The van der Waals surface area contributed by atoms with E-state index in [1.807, 2.05) is 25.1 Å². The zero-order valence-electron chi connectivity index (χ0n) is 13.7. The van der Waals surface area contributed by atoms with Crippen LogP contribution in [0.3, 0.4) is 0 Å². The van der Waals surface area contributed by atoms with Crippen molar-refractivity contribution in [2.24, 2.45) is 0 Å². The average Bonchev–Trinajstić information content (AvgIpc) is 2.52. The highest BCUT2D eigenvalue weighted by Gasteiger charge is 2.15. The van der Waals surface area contributed by atoms with Gasteiger partial charge in [-0.05, 0) is 25.5 Å². The number of hydrogen-bond donors (Lipinski definition) is 3. The van der Waals surface area contributed by atoms with E-state index in [9.17, 15) is 14.7 Å². The maximum Gasteiger partial charge on any atom is 0.252 e. The molecule has 0 aliphatic rings. The number of aromatic nitrogens is 2. The summed E-state index contributed by atoms with van der Waals surface area (Å²) in [5.41, 5.74) is 1.32. The average molecular weight is 331 g/mol. The third-order valence-electron chi connectivity index (χ3n) is 3.37. The van der Waals surface area contributed by atoms with Crippen LogP contribution in [0.4, 0.5) is 0 Å². The Bertz CT molecular complexity index is 757. The maximum atomic E-state index is 11.8. The van der Waals surface area contributed by atoms with Gasteiger partial charge in [0.05, 0.1) is 0 Å². The molecule has 1 aromatic heterocycles. The highest BCUT2D eigenvalue weighted by atomic mass is 16.5. The van der Waals surface area contributed by atoms with Crippen molar-refractivity contribution >= 4 is 5.91 Å². The standard InChI is InChI=1S/C17H21N3O4/c1-11-5-3-4-6-14(11)24-10-13(21)17(23)18-8-7-15-19-12(2)9-16(22)20-15/h3-6,9,13,21H,7-8,10H2,1-2H3,(H,18,23)(H,19,20,22). The van der Waals surface area contributed by atoms with Crippen LogP contribution in [0.2, 0.25) is 0 Å². The van der Waals surface area contributed by atoms with Crippen molar-refractivity contribution in [2.45, 2.75) is 26.4 Å². The Morgan fingerprint density at radius 3 is 2.83 bits per heavy atom. The molecule has 0 bridgehead atoms. The molecule has 7 nitrogen and oxygen atoms in total. The predicted octanol–water partition coefficient (Wildman–Crippen LogP) is 0.485. The molecule has 0 radical (unpaired) electrons. The van der Waals surface area contributed by atoms with Gasteiger partial charge in [-0.15, -0.1) is 0 Å². The molecule has 2 aromatic rings. The summed E-state index contributed by atoms with van der Waals surface area (Å²) >= 11 is 0. The Balaban J connectivity index is 1.77. The largest absolute Gasteiger partial charge is 0.490 e. The summed E-state index contributed by atoms with van der Waals surface area (Å²) in [6.45, 7) is 3.74. The molecule has 128 valence electrons. The monoisotopic (exact) mass is 331 g/mol. The number of nitrogens with zero attached hydrogens (tertiary/aromatic N) is 1. The van der Waals surface area contributed by atoms with Gasteiger partial charge in [0.15, 0.2) is 6.10 Å². The van der Waals surface area contributed by atoms with Crippen molar-refractivity contribution in [3.8, 4) is 5.75 Å². The van der Waals surface area contributed by atoms with Crippen LogP contribution < -0.4 is 15.6 Å². The lowest BCUT2D eigenvalue weighted by Gasteiger charge is -2.14. The third-order valence-corrected chi connectivity index (χ3v) is 3.37. The van der Waals surface area contributed by atoms with Crippen LogP contribution in [0.15, 0.2) is 35.1 Å². The second-order valence-corrected chi connectivity index (χ2v) is 5.47. The van der Waals surface area contributed by atoms with Gasteiger partial charge in [0.1, 0.15) is 18.2 Å². The normalized spacial score (nSPS) is 11.8. The van der Waals surface area contributed by atoms with E-state index in [0.717, 1.165) is 5.56 Å². The maximum absolute atomic E-state index is 11.8. The van der Waals surface area contributed by atoms with E-state index in [0.29, 0.717) is 23.7 Å². The molecule has 1 aromatic carbocycles. The minimum absolute atomic E-state index is 0.129. The van der Waals surface area contributed by atoms with Crippen molar-refractivity contribution in [3.63, 3.8) is 0 Å². The molecule has 1 unspecified atom stereocenters. The van der Waals surface area contributed by atoms with Crippen LogP contribution in [-0.4, -0.2) is 40.2 Å². The highest BCUT2D eigenvalue weighted by molar-refractivity contribution is 5.80. The number of H-pyrrole nitrogens is 1. The van der Waals surface area contributed by atoms with Crippen molar-refractivity contribution in [3.05, 3.63) is 57.8 Å². The molecule has 0 aliphatic heterocycles. The Morgan fingerprint density at radius 1 is 1.38 bits per heavy atom. The van der Waals surface area contributed by atoms with Crippen molar-refractivity contribution in [1.29, 1.82) is 0 Å². The molecule has 0 spiro atoms. The number of carbonyl (C=O) groups is 1. The number of amides is 1. The summed E-state index contributed by atoms with van der Waals surface area (Å²) in [5.74, 6) is 0.593. The number of aliphatic hydroxyl groups excluding tert-OH is 1. The Hall–Kier alpha value is -2.67. The van der Waals surface area contributed by atoms with Crippen LogP contribution >= 0.6 is 0 Å². The molecule has 7 heteroatoms. The van der Waals surface area contributed by atoms with E-state index in [1.54, 1.807) is 13.0 Å². The van der Waals surface area contributed by atoms with Gasteiger partial charge < -0.3 is 20.1 Å². The number of rotatable bonds is 7. The summed E-state index contributed by atoms with van der Waals surface area (Å²) in [4.78, 5) is 29.9. The number of ether oxygens (including phenoxy) is 1. The van der Waals surface area contributed by atoms with Crippen LogP contribution in [0, 0.1) is 13.8 Å². The lowest BCUT2D eigenvalue weighted by molar-refractivity contribution is -0.130. The van der Waals surface area contributed by atoms with Gasteiger partial charge in [0.25, 0.3) is 11.5 Å². The fraction of sp³-hybridized carbons (Fsp3) is 0.353. The quantitative estimate of drug-likeness (QED) is 0.685. The lowest BCUT2D eigenvalue weighted by Crippen LogP contribution is -2.39. The summed E-state index contributed by atoms with van der Waals surface area (Å²) in [6.07, 6.45) is -0.900. The fourth-order valence-electron chi connectivity index (χ4n) is 2.14. The zero-order valence-corrected chi connectivity index (χ0v) is 13.7. The van der Waals surface area contributed by atoms with Gasteiger partial charge >= 0.3 is 0 Å². The number of hydrogen-bond acceptors (Lipinski definition) is 5. The van der Waals surface area contributed by atoms with E-state index in [1.165, 1.54) is 6.07 Å². The molecule has 1 atom stereocenters. The summed E-state index contributed by atoms with van der Waals surface area (Å²) in [5, 5.41) is 12.4. The predicted molar refractivity (Wildman–Crippen MR) is 89.0 cm³/mol. The molecule has 0 aliphatic carbocycles. The lowest BCUT2D eigenvalue weighted by atomic mass is 10.2. The van der Waals surface area contributed by atoms with Gasteiger partial charge in [-0.1, -0.05) is 18.2 Å². The third kappa shape index (κ3) is 5.20. The number of carbonyl (C=O) groups excluding carboxylic acids is 1. The first-order valence-electron chi connectivity index (χ1n) is 7.67.